The van der Waals surface area contributed by atoms with E-state index in [2.05, 4.69) is 43.7 Å². The van der Waals surface area contributed by atoms with Crippen molar-refractivity contribution in [3.8, 4) is 0 Å². The van der Waals surface area contributed by atoms with Crippen LogP contribution in [-0.2, 0) is 15.1 Å². The van der Waals surface area contributed by atoms with Gasteiger partial charge in [-0.25, -0.2) is 15.0 Å². The van der Waals surface area contributed by atoms with Crippen molar-refractivity contribution in [1.82, 2.24) is 20.3 Å². The Kier molecular flexibility index (Phi) is 5.04. The normalized spacial score (nSPS) is 21.7. The van der Waals surface area contributed by atoms with E-state index in [1.54, 1.807) is 0 Å². The van der Waals surface area contributed by atoms with E-state index in [-0.39, 0.29) is 0 Å². The molecular weight excluding hydrogens is 404 g/mol. The maximum absolute atomic E-state index is 6.64. The molecule has 8 nitrogen and oxygen atoms in total. The van der Waals surface area contributed by atoms with Crippen LogP contribution in [0.5, 0.6) is 0 Å². The van der Waals surface area contributed by atoms with E-state index in [1.165, 1.54) is 0 Å². The van der Waals surface area contributed by atoms with Crippen LogP contribution in [0.2, 0.25) is 0 Å². The Hall–Kier alpha value is -2.97. The van der Waals surface area contributed by atoms with Crippen LogP contribution in [0.3, 0.4) is 0 Å². The molecule has 0 unspecified atom stereocenters. The van der Waals surface area contributed by atoms with Gasteiger partial charge in [0.2, 0.25) is 5.95 Å². The molecule has 4 aliphatic rings. The lowest BCUT2D eigenvalue weighted by atomic mass is 9.82. The molecule has 2 fully saturated rings. The lowest BCUT2D eigenvalue weighted by molar-refractivity contribution is -0.0940. The van der Waals surface area contributed by atoms with Gasteiger partial charge in [-0.05, 0) is 18.6 Å². The molecule has 1 spiro atoms. The smallest absolute Gasteiger partial charge is 0.227 e. The van der Waals surface area contributed by atoms with Crippen molar-refractivity contribution in [2.24, 2.45) is 0 Å². The lowest BCUT2D eigenvalue weighted by Crippen LogP contribution is -2.43. The molecule has 2 saturated heterocycles. The van der Waals surface area contributed by atoms with Gasteiger partial charge < -0.3 is 25.0 Å². The molecule has 0 bridgehead atoms. The summed E-state index contributed by atoms with van der Waals surface area (Å²) in [5.74, 6) is 2.64. The standard InChI is InChI=1S/C24H28N6O2/c1-2-4-20-18(3-1)19-16-27-23(29-22(19)24(32-20)7-13-31-14-8-24)28-17-5-6-21(26-15-17)30-11-9-25-10-12-30/h1,3,5-6,15-16,25H,2,4,7-14H2,(H,27,28,29). The number of fused-ring (bicyclic) bond motifs is 3. The van der Waals surface area contributed by atoms with E-state index in [1.807, 2.05) is 18.5 Å². The topological polar surface area (TPSA) is 84.4 Å². The highest BCUT2D eigenvalue weighted by Gasteiger charge is 2.44. The Morgan fingerprint density at radius 1 is 1.06 bits per heavy atom. The number of allylic oxidation sites excluding steroid dienone is 4. The highest BCUT2D eigenvalue weighted by atomic mass is 16.5. The molecule has 0 aromatic carbocycles. The molecule has 6 rings (SSSR count). The zero-order valence-corrected chi connectivity index (χ0v) is 18.1. The molecule has 0 amide bonds. The number of pyridine rings is 1. The molecule has 8 heteroatoms. The SMILES string of the molecule is C1=CC2=C(CC1)OC1(CCOCC1)c1nc(Nc3ccc(N4CCNCC4)nc3)ncc12. The van der Waals surface area contributed by atoms with Crippen LogP contribution >= 0.6 is 0 Å². The fourth-order valence-corrected chi connectivity index (χ4v) is 4.97. The van der Waals surface area contributed by atoms with Crippen LogP contribution in [0.1, 0.15) is 36.9 Å². The molecule has 166 valence electrons. The third kappa shape index (κ3) is 3.53. The van der Waals surface area contributed by atoms with E-state index in [0.717, 1.165) is 86.0 Å². The molecule has 32 heavy (non-hydrogen) atoms. The second-order valence-electron chi connectivity index (χ2n) is 8.71. The summed E-state index contributed by atoms with van der Waals surface area (Å²) in [5, 5.41) is 6.71. The summed E-state index contributed by atoms with van der Waals surface area (Å²) in [5.41, 5.74) is 3.62. The summed E-state index contributed by atoms with van der Waals surface area (Å²) in [6, 6.07) is 4.09. The zero-order chi connectivity index (χ0) is 21.4. The highest BCUT2D eigenvalue weighted by molar-refractivity contribution is 5.79. The second kappa shape index (κ2) is 8.18. The van der Waals surface area contributed by atoms with Crippen LogP contribution in [0.25, 0.3) is 5.57 Å². The van der Waals surface area contributed by atoms with Gasteiger partial charge in [-0.1, -0.05) is 12.2 Å². The molecule has 0 saturated carbocycles. The second-order valence-corrected chi connectivity index (χ2v) is 8.71. The van der Waals surface area contributed by atoms with Crippen molar-refractivity contribution < 1.29 is 9.47 Å². The number of hydrogen-bond donors (Lipinski definition) is 2. The first-order chi connectivity index (χ1) is 15.8. The first-order valence-corrected chi connectivity index (χ1v) is 11.5. The molecule has 2 aromatic rings. The van der Waals surface area contributed by atoms with Crippen molar-refractivity contribution in [1.29, 1.82) is 0 Å². The third-order valence-corrected chi connectivity index (χ3v) is 6.70. The lowest BCUT2D eigenvalue weighted by Gasteiger charge is -2.42. The van der Waals surface area contributed by atoms with Crippen LogP contribution in [0.4, 0.5) is 17.5 Å². The van der Waals surface area contributed by atoms with Gasteiger partial charge in [0.25, 0.3) is 0 Å². The Morgan fingerprint density at radius 3 is 2.75 bits per heavy atom. The molecule has 5 heterocycles. The summed E-state index contributed by atoms with van der Waals surface area (Å²) in [6.07, 6.45) is 11.7. The number of rotatable bonds is 3. The summed E-state index contributed by atoms with van der Waals surface area (Å²) in [6.45, 7) is 5.31. The van der Waals surface area contributed by atoms with Crippen molar-refractivity contribution in [2.45, 2.75) is 31.3 Å². The van der Waals surface area contributed by atoms with Crippen LogP contribution < -0.4 is 15.5 Å². The minimum atomic E-state index is -0.429. The van der Waals surface area contributed by atoms with Gasteiger partial charge in [0.1, 0.15) is 11.6 Å². The fraction of sp³-hybridized carbons (Fsp3) is 0.458. The Bertz CT molecular complexity index is 1050. The van der Waals surface area contributed by atoms with Gasteiger partial charge in [-0.2, -0.15) is 0 Å². The number of anilines is 3. The van der Waals surface area contributed by atoms with E-state index >= 15 is 0 Å². The van der Waals surface area contributed by atoms with Gasteiger partial charge in [-0.15, -0.1) is 0 Å². The molecule has 2 aromatic heterocycles. The summed E-state index contributed by atoms with van der Waals surface area (Å²) in [7, 11) is 0. The molecule has 1 aliphatic carbocycles. The quantitative estimate of drug-likeness (QED) is 0.765. The average molecular weight is 433 g/mol. The van der Waals surface area contributed by atoms with Crippen molar-refractivity contribution in [2.75, 3.05) is 49.6 Å². The Morgan fingerprint density at radius 2 is 1.94 bits per heavy atom. The van der Waals surface area contributed by atoms with Crippen molar-refractivity contribution >= 4 is 23.0 Å². The first kappa shape index (κ1) is 19.7. The molecule has 0 atom stereocenters. The number of ether oxygens (including phenoxy) is 2. The summed E-state index contributed by atoms with van der Waals surface area (Å²) < 4.78 is 12.3. The van der Waals surface area contributed by atoms with Gasteiger partial charge >= 0.3 is 0 Å². The van der Waals surface area contributed by atoms with Gasteiger partial charge in [-0.3, -0.25) is 0 Å². The number of aromatic nitrogens is 3. The molecular formula is C24H28N6O2. The third-order valence-electron chi connectivity index (χ3n) is 6.70. The van der Waals surface area contributed by atoms with Crippen LogP contribution in [0.15, 0.2) is 42.4 Å². The Labute approximate surface area is 187 Å². The predicted molar refractivity (Wildman–Crippen MR) is 123 cm³/mol. The maximum atomic E-state index is 6.64. The Balaban J connectivity index is 1.29. The molecule has 3 aliphatic heterocycles. The monoisotopic (exact) mass is 432 g/mol. The van der Waals surface area contributed by atoms with Gasteiger partial charge in [0.05, 0.1) is 30.8 Å². The van der Waals surface area contributed by atoms with E-state index < -0.39 is 5.60 Å². The maximum Gasteiger partial charge on any atom is 0.227 e. The number of piperazine rings is 1. The van der Waals surface area contributed by atoms with Crippen molar-refractivity contribution in [3.05, 3.63) is 53.7 Å². The minimum absolute atomic E-state index is 0.429. The van der Waals surface area contributed by atoms with E-state index in [9.17, 15) is 0 Å². The van der Waals surface area contributed by atoms with E-state index in [0.29, 0.717) is 19.2 Å². The largest absolute Gasteiger partial charge is 0.484 e. The van der Waals surface area contributed by atoms with Gasteiger partial charge in [0.15, 0.2) is 5.60 Å². The zero-order valence-electron chi connectivity index (χ0n) is 18.1. The highest BCUT2D eigenvalue weighted by Crippen LogP contribution is 2.47. The molecule has 0 radical (unpaired) electrons. The number of nitrogens with zero attached hydrogens (tertiary/aromatic N) is 4. The van der Waals surface area contributed by atoms with Crippen molar-refractivity contribution in [3.63, 3.8) is 0 Å². The number of hydrogen-bond acceptors (Lipinski definition) is 8. The predicted octanol–water partition coefficient (Wildman–Crippen LogP) is 3.12. The summed E-state index contributed by atoms with van der Waals surface area (Å²) in [4.78, 5) is 16.6. The van der Waals surface area contributed by atoms with E-state index in [4.69, 9.17) is 14.5 Å². The minimum Gasteiger partial charge on any atom is -0.484 e. The van der Waals surface area contributed by atoms with Crippen LogP contribution in [0, 0.1) is 0 Å². The number of nitrogens with one attached hydrogen (secondary N) is 2. The fourth-order valence-electron chi connectivity index (χ4n) is 4.97. The summed E-state index contributed by atoms with van der Waals surface area (Å²) >= 11 is 0. The van der Waals surface area contributed by atoms with Gasteiger partial charge in [0, 0.05) is 62.8 Å². The first-order valence-electron chi connectivity index (χ1n) is 11.5. The average Bonchev–Trinajstić information content (AvgIpc) is 2.86. The molecule has 2 N–H and O–H groups in total. The van der Waals surface area contributed by atoms with Crippen LogP contribution in [-0.4, -0.2) is 54.3 Å².